The summed E-state index contributed by atoms with van der Waals surface area (Å²) in [6.45, 7) is 0.698. The van der Waals surface area contributed by atoms with E-state index in [0.717, 1.165) is 18.0 Å². The van der Waals surface area contributed by atoms with Crippen LogP contribution < -0.4 is 4.74 Å². The third-order valence-corrected chi connectivity index (χ3v) is 3.39. The van der Waals surface area contributed by atoms with Gasteiger partial charge in [-0.2, -0.15) is 0 Å². The Bertz CT molecular complexity index is 339. The van der Waals surface area contributed by atoms with Crippen molar-refractivity contribution in [3.8, 4) is 5.75 Å². The largest absolute Gasteiger partial charge is 0.493 e. The second-order valence-electron chi connectivity index (χ2n) is 4.31. The van der Waals surface area contributed by atoms with Gasteiger partial charge in [0.2, 0.25) is 0 Å². The SMILES string of the molecule is O=Cc1ccccc1OCCCCCCCCBr. The van der Waals surface area contributed by atoms with E-state index in [1.807, 2.05) is 18.2 Å². The number of rotatable bonds is 10. The summed E-state index contributed by atoms with van der Waals surface area (Å²) in [5, 5.41) is 1.11. The Hall–Kier alpha value is -0.830. The summed E-state index contributed by atoms with van der Waals surface area (Å²) in [6, 6.07) is 7.37. The van der Waals surface area contributed by atoms with E-state index in [4.69, 9.17) is 4.74 Å². The fourth-order valence-electron chi connectivity index (χ4n) is 1.80. The molecule has 0 N–H and O–H groups in total. The maximum atomic E-state index is 10.8. The van der Waals surface area contributed by atoms with Gasteiger partial charge in [0.15, 0.2) is 6.29 Å². The first-order chi connectivity index (χ1) is 8.88. The van der Waals surface area contributed by atoms with Crippen LogP contribution in [0.3, 0.4) is 0 Å². The minimum absolute atomic E-state index is 0.634. The maximum Gasteiger partial charge on any atom is 0.153 e. The molecule has 3 heteroatoms. The van der Waals surface area contributed by atoms with Crippen LogP contribution >= 0.6 is 15.9 Å². The average molecular weight is 313 g/mol. The number of carbonyl (C=O) groups is 1. The molecule has 0 fully saturated rings. The lowest BCUT2D eigenvalue weighted by Crippen LogP contribution is -1.99. The number of benzene rings is 1. The fraction of sp³-hybridized carbons (Fsp3) is 0.533. The molecular formula is C15H21BrO2. The number of unbranched alkanes of at least 4 members (excludes halogenated alkanes) is 5. The van der Waals surface area contributed by atoms with Gasteiger partial charge in [0.05, 0.1) is 12.2 Å². The first-order valence-electron chi connectivity index (χ1n) is 6.61. The van der Waals surface area contributed by atoms with E-state index < -0.39 is 0 Å². The quantitative estimate of drug-likeness (QED) is 0.358. The summed E-state index contributed by atoms with van der Waals surface area (Å²) in [5.41, 5.74) is 0.634. The highest BCUT2D eigenvalue weighted by Crippen LogP contribution is 2.16. The molecule has 0 saturated heterocycles. The van der Waals surface area contributed by atoms with Gasteiger partial charge in [-0.05, 0) is 25.0 Å². The molecular weight excluding hydrogens is 292 g/mol. The van der Waals surface area contributed by atoms with Crippen LogP contribution in [0, 0.1) is 0 Å². The molecule has 0 saturated carbocycles. The van der Waals surface area contributed by atoms with Gasteiger partial charge in [-0.25, -0.2) is 0 Å². The summed E-state index contributed by atoms with van der Waals surface area (Å²) < 4.78 is 5.62. The molecule has 0 aliphatic carbocycles. The van der Waals surface area contributed by atoms with Crippen LogP contribution in [0.2, 0.25) is 0 Å². The molecule has 0 unspecified atom stereocenters. The molecule has 0 radical (unpaired) electrons. The summed E-state index contributed by atoms with van der Waals surface area (Å²) in [5.74, 6) is 0.701. The first kappa shape index (κ1) is 15.2. The lowest BCUT2D eigenvalue weighted by atomic mass is 10.1. The zero-order valence-corrected chi connectivity index (χ0v) is 12.3. The molecule has 2 nitrogen and oxygen atoms in total. The Balaban J connectivity index is 2.09. The Morgan fingerprint density at radius 3 is 2.39 bits per heavy atom. The zero-order valence-electron chi connectivity index (χ0n) is 10.7. The van der Waals surface area contributed by atoms with Crippen LogP contribution in [0.25, 0.3) is 0 Å². The van der Waals surface area contributed by atoms with Crippen molar-refractivity contribution in [1.29, 1.82) is 0 Å². The molecule has 1 aromatic rings. The van der Waals surface area contributed by atoms with Crippen molar-refractivity contribution < 1.29 is 9.53 Å². The lowest BCUT2D eigenvalue weighted by molar-refractivity contribution is 0.111. The summed E-state index contributed by atoms with van der Waals surface area (Å²) >= 11 is 3.43. The number of carbonyl (C=O) groups excluding carboxylic acids is 1. The van der Waals surface area contributed by atoms with E-state index in [-0.39, 0.29) is 0 Å². The normalized spacial score (nSPS) is 10.3. The molecule has 0 bridgehead atoms. The number of alkyl halides is 1. The van der Waals surface area contributed by atoms with Gasteiger partial charge < -0.3 is 4.74 Å². The van der Waals surface area contributed by atoms with Gasteiger partial charge in [0.1, 0.15) is 5.75 Å². The van der Waals surface area contributed by atoms with Crippen molar-refractivity contribution in [2.24, 2.45) is 0 Å². The maximum absolute atomic E-state index is 10.8. The molecule has 0 aromatic heterocycles. The first-order valence-corrected chi connectivity index (χ1v) is 7.73. The predicted molar refractivity (Wildman–Crippen MR) is 78.8 cm³/mol. The standard InChI is InChI=1S/C15H21BrO2/c16-11-7-3-1-2-4-8-12-18-15-10-6-5-9-14(15)13-17/h5-6,9-10,13H,1-4,7-8,11-12H2. The minimum atomic E-state index is 0.634. The fourth-order valence-corrected chi connectivity index (χ4v) is 2.19. The smallest absolute Gasteiger partial charge is 0.153 e. The molecule has 0 amide bonds. The van der Waals surface area contributed by atoms with Crippen molar-refractivity contribution in [3.05, 3.63) is 29.8 Å². The van der Waals surface area contributed by atoms with Crippen LogP contribution in [0.5, 0.6) is 5.75 Å². The van der Waals surface area contributed by atoms with E-state index in [0.29, 0.717) is 17.9 Å². The van der Waals surface area contributed by atoms with Crippen molar-refractivity contribution in [3.63, 3.8) is 0 Å². The third-order valence-electron chi connectivity index (χ3n) is 2.83. The Kier molecular flexibility index (Phi) is 8.57. The van der Waals surface area contributed by atoms with Crippen LogP contribution in [0.4, 0.5) is 0 Å². The topological polar surface area (TPSA) is 26.3 Å². The Morgan fingerprint density at radius 1 is 1.00 bits per heavy atom. The molecule has 1 rings (SSSR count). The summed E-state index contributed by atoms with van der Waals surface area (Å²) in [7, 11) is 0. The van der Waals surface area contributed by atoms with Crippen molar-refractivity contribution in [1.82, 2.24) is 0 Å². The molecule has 0 atom stereocenters. The van der Waals surface area contributed by atoms with Crippen molar-refractivity contribution in [2.45, 2.75) is 38.5 Å². The number of halogens is 1. The van der Waals surface area contributed by atoms with Gasteiger partial charge in [0, 0.05) is 5.33 Å². The highest BCUT2D eigenvalue weighted by Gasteiger charge is 2.00. The number of hydrogen-bond donors (Lipinski definition) is 0. The predicted octanol–water partition coefficient (Wildman–Crippen LogP) is 4.61. The second-order valence-corrected chi connectivity index (χ2v) is 5.11. The summed E-state index contributed by atoms with van der Waals surface area (Å²) in [6.07, 6.45) is 8.24. The molecule has 0 heterocycles. The minimum Gasteiger partial charge on any atom is -0.493 e. The number of aldehydes is 1. The van der Waals surface area contributed by atoms with E-state index in [2.05, 4.69) is 15.9 Å². The molecule has 100 valence electrons. The highest BCUT2D eigenvalue weighted by atomic mass is 79.9. The average Bonchev–Trinajstić information content (AvgIpc) is 2.42. The number of hydrogen-bond acceptors (Lipinski definition) is 2. The highest BCUT2D eigenvalue weighted by molar-refractivity contribution is 9.09. The molecule has 1 aromatic carbocycles. The monoisotopic (exact) mass is 312 g/mol. The number of ether oxygens (including phenoxy) is 1. The summed E-state index contributed by atoms with van der Waals surface area (Å²) in [4.78, 5) is 10.8. The van der Waals surface area contributed by atoms with Gasteiger partial charge in [0.25, 0.3) is 0 Å². The van der Waals surface area contributed by atoms with Crippen LogP contribution in [-0.2, 0) is 0 Å². The van der Waals surface area contributed by atoms with Gasteiger partial charge in [-0.15, -0.1) is 0 Å². The Morgan fingerprint density at radius 2 is 1.67 bits per heavy atom. The van der Waals surface area contributed by atoms with E-state index >= 15 is 0 Å². The van der Waals surface area contributed by atoms with Gasteiger partial charge >= 0.3 is 0 Å². The molecule has 0 spiro atoms. The Labute approximate surface area is 118 Å². The molecule has 0 aliphatic rings. The van der Waals surface area contributed by atoms with E-state index in [1.165, 1.54) is 32.1 Å². The van der Waals surface area contributed by atoms with Crippen molar-refractivity contribution in [2.75, 3.05) is 11.9 Å². The number of para-hydroxylation sites is 1. The van der Waals surface area contributed by atoms with Crippen LogP contribution in [0.1, 0.15) is 48.9 Å². The van der Waals surface area contributed by atoms with Gasteiger partial charge in [-0.1, -0.05) is 53.7 Å². The lowest BCUT2D eigenvalue weighted by Gasteiger charge is -2.07. The van der Waals surface area contributed by atoms with E-state index in [9.17, 15) is 4.79 Å². The van der Waals surface area contributed by atoms with Crippen LogP contribution in [0.15, 0.2) is 24.3 Å². The third kappa shape index (κ3) is 6.20. The van der Waals surface area contributed by atoms with E-state index in [1.54, 1.807) is 6.07 Å². The molecule has 0 aliphatic heterocycles. The van der Waals surface area contributed by atoms with Crippen molar-refractivity contribution >= 4 is 22.2 Å². The molecule has 18 heavy (non-hydrogen) atoms. The second kappa shape index (κ2) is 10.1. The zero-order chi connectivity index (χ0) is 13.1. The van der Waals surface area contributed by atoms with Gasteiger partial charge in [-0.3, -0.25) is 4.79 Å². The van der Waals surface area contributed by atoms with Crippen LogP contribution in [-0.4, -0.2) is 18.2 Å².